The zero-order valence-corrected chi connectivity index (χ0v) is 16.4. The summed E-state index contributed by atoms with van der Waals surface area (Å²) in [7, 11) is 0. The first-order chi connectivity index (χ1) is 13.6. The Morgan fingerprint density at radius 1 is 1.11 bits per heavy atom. The van der Waals surface area contributed by atoms with E-state index >= 15 is 0 Å². The maximum absolute atomic E-state index is 12.7. The Morgan fingerprint density at radius 3 is 2.50 bits per heavy atom. The minimum atomic E-state index is -0.130. The molecule has 144 valence electrons. The molecular formula is C21H21N3O3S. The van der Waals surface area contributed by atoms with Gasteiger partial charge in [0.1, 0.15) is 6.10 Å². The summed E-state index contributed by atoms with van der Waals surface area (Å²) in [5.41, 5.74) is 2.27. The zero-order chi connectivity index (χ0) is 19.5. The van der Waals surface area contributed by atoms with E-state index in [1.165, 1.54) is 6.92 Å². The van der Waals surface area contributed by atoms with E-state index in [-0.39, 0.29) is 17.9 Å². The van der Waals surface area contributed by atoms with Crippen molar-refractivity contribution >= 4 is 39.1 Å². The molecule has 1 fully saturated rings. The van der Waals surface area contributed by atoms with E-state index in [1.54, 1.807) is 35.6 Å². The lowest BCUT2D eigenvalue weighted by Crippen LogP contribution is -2.41. The molecule has 7 heteroatoms. The molecule has 4 rings (SSSR count). The molecule has 1 aromatic heterocycles. The quantitative estimate of drug-likeness (QED) is 0.726. The smallest absolute Gasteiger partial charge is 0.274 e. The molecule has 1 N–H and O–H groups in total. The van der Waals surface area contributed by atoms with Crippen molar-refractivity contribution in [3.05, 3.63) is 54.1 Å². The Balaban J connectivity index is 1.33. The summed E-state index contributed by atoms with van der Waals surface area (Å²) < 4.78 is 7.17. The number of aromatic nitrogens is 1. The highest BCUT2D eigenvalue weighted by atomic mass is 32.1. The third-order valence-corrected chi connectivity index (χ3v) is 5.65. The maximum Gasteiger partial charge on any atom is 0.274 e. The van der Waals surface area contributed by atoms with Gasteiger partial charge >= 0.3 is 0 Å². The van der Waals surface area contributed by atoms with Crippen LogP contribution >= 0.6 is 11.3 Å². The van der Waals surface area contributed by atoms with Crippen LogP contribution in [0.25, 0.3) is 10.2 Å². The van der Waals surface area contributed by atoms with Gasteiger partial charge in [-0.15, -0.1) is 0 Å². The molecule has 0 unspecified atom stereocenters. The lowest BCUT2D eigenvalue weighted by atomic mass is 10.1. The minimum Gasteiger partial charge on any atom is -0.467 e. The molecule has 0 atom stereocenters. The number of nitrogens with zero attached hydrogens (tertiary/aromatic N) is 2. The number of ether oxygens (including phenoxy) is 1. The molecule has 2 amide bonds. The van der Waals surface area contributed by atoms with Gasteiger partial charge in [0.05, 0.1) is 10.2 Å². The molecule has 0 bridgehead atoms. The molecule has 0 saturated carbocycles. The molecule has 6 nitrogen and oxygen atoms in total. The van der Waals surface area contributed by atoms with Crippen molar-refractivity contribution in [3.8, 4) is 5.19 Å². The molecule has 3 aromatic rings. The predicted octanol–water partition coefficient (Wildman–Crippen LogP) is 3.94. The maximum atomic E-state index is 12.7. The molecular weight excluding hydrogens is 374 g/mol. The van der Waals surface area contributed by atoms with Crippen molar-refractivity contribution in [3.63, 3.8) is 0 Å². The monoisotopic (exact) mass is 395 g/mol. The van der Waals surface area contributed by atoms with Gasteiger partial charge in [-0.2, -0.15) is 0 Å². The Bertz CT molecular complexity index is 959. The Kier molecular flexibility index (Phi) is 5.25. The number of hydrogen-bond acceptors (Lipinski definition) is 5. The number of carbonyl (C=O) groups excluding carboxylic acids is 2. The fraction of sp³-hybridized carbons (Fsp3) is 0.286. The minimum absolute atomic E-state index is 0.00723. The second-order valence-corrected chi connectivity index (χ2v) is 7.81. The van der Waals surface area contributed by atoms with Crippen LogP contribution in [0, 0.1) is 0 Å². The number of rotatable bonds is 4. The average Bonchev–Trinajstić information content (AvgIpc) is 3.10. The summed E-state index contributed by atoms with van der Waals surface area (Å²) in [5.74, 6) is -0.123. The van der Waals surface area contributed by atoms with Crippen LogP contribution in [0.4, 0.5) is 5.69 Å². The van der Waals surface area contributed by atoms with Gasteiger partial charge in [-0.05, 0) is 36.4 Å². The lowest BCUT2D eigenvalue weighted by molar-refractivity contribution is -0.114. The van der Waals surface area contributed by atoms with Crippen LogP contribution in [0.2, 0.25) is 0 Å². The number of nitrogens with one attached hydrogen (secondary N) is 1. The standard InChI is InChI=1S/C21H21N3O3S/c1-14(25)22-16-8-6-15(7-9-16)20(26)24-12-10-17(11-13-24)27-21-23-18-4-2-3-5-19(18)28-21/h2-9,17H,10-13H2,1H3,(H,22,25). The van der Waals surface area contributed by atoms with Crippen molar-refractivity contribution in [1.29, 1.82) is 0 Å². The number of thiazole rings is 1. The number of hydrogen-bond donors (Lipinski definition) is 1. The lowest BCUT2D eigenvalue weighted by Gasteiger charge is -2.31. The molecule has 28 heavy (non-hydrogen) atoms. The number of amides is 2. The normalized spacial score (nSPS) is 14.8. The second kappa shape index (κ2) is 7.98. The van der Waals surface area contributed by atoms with E-state index in [0.717, 1.165) is 23.1 Å². The fourth-order valence-corrected chi connectivity index (χ4v) is 4.18. The number of anilines is 1. The zero-order valence-electron chi connectivity index (χ0n) is 15.6. The van der Waals surface area contributed by atoms with Crippen LogP contribution in [-0.4, -0.2) is 40.9 Å². The first-order valence-electron chi connectivity index (χ1n) is 9.27. The van der Waals surface area contributed by atoms with E-state index in [0.29, 0.717) is 29.5 Å². The molecule has 2 aromatic carbocycles. The summed E-state index contributed by atoms with van der Waals surface area (Å²) in [6.45, 7) is 2.77. The van der Waals surface area contributed by atoms with Crippen LogP contribution < -0.4 is 10.1 Å². The van der Waals surface area contributed by atoms with Gasteiger partial charge in [-0.3, -0.25) is 9.59 Å². The molecule has 2 heterocycles. The molecule has 1 saturated heterocycles. The van der Waals surface area contributed by atoms with Gasteiger partial charge in [-0.1, -0.05) is 23.5 Å². The van der Waals surface area contributed by atoms with Gasteiger partial charge in [0, 0.05) is 44.1 Å². The van der Waals surface area contributed by atoms with Crippen LogP contribution in [0.5, 0.6) is 5.19 Å². The van der Waals surface area contributed by atoms with Gasteiger partial charge < -0.3 is 15.0 Å². The van der Waals surface area contributed by atoms with Crippen LogP contribution in [0.15, 0.2) is 48.5 Å². The fourth-order valence-electron chi connectivity index (χ4n) is 3.30. The summed E-state index contributed by atoms with van der Waals surface area (Å²) in [5, 5.41) is 3.40. The number of piperidine rings is 1. The summed E-state index contributed by atoms with van der Waals surface area (Å²) in [6, 6.07) is 15.0. The number of carbonyl (C=O) groups is 2. The summed E-state index contributed by atoms with van der Waals surface area (Å²) in [6.07, 6.45) is 1.64. The third-order valence-electron chi connectivity index (χ3n) is 4.72. The highest BCUT2D eigenvalue weighted by molar-refractivity contribution is 7.20. The largest absolute Gasteiger partial charge is 0.467 e. The van der Waals surface area contributed by atoms with Gasteiger partial charge in [0.25, 0.3) is 11.1 Å². The molecule has 0 spiro atoms. The average molecular weight is 395 g/mol. The summed E-state index contributed by atoms with van der Waals surface area (Å²) in [4.78, 5) is 30.2. The van der Waals surface area contributed by atoms with Crippen molar-refractivity contribution in [2.24, 2.45) is 0 Å². The van der Waals surface area contributed by atoms with E-state index in [1.807, 2.05) is 29.2 Å². The van der Waals surface area contributed by atoms with Crippen LogP contribution in [0.3, 0.4) is 0 Å². The van der Waals surface area contributed by atoms with E-state index < -0.39 is 0 Å². The molecule has 0 radical (unpaired) electrons. The first-order valence-corrected chi connectivity index (χ1v) is 10.1. The van der Waals surface area contributed by atoms with Crippen molar-refractivity contribution in [1.82, 2.24) is 9.88 Å². The summed E-state index contributed by atoms with van der Waals surface area (Å²) >= 11 is 1.56. The molecule has 0 aliphatic carbocycles. The Morgan fingerprint density at radius 2 is 1.82 bits per heavy atom. The number of fused-ring (bicyclic) bond motifs is 1. The SMILES string of the molecule is CC(=O)Nc1ccc(C(=O)N2CCC(Oc3nc4ccccc4s3)CC2)cc1. The molecule has 1 aliphatic rings. The topological polar surface area (TPSA) is 71.5 Å². The van der Waals surface area contributed by atoms with Crippen molar-refractivity contribution in [2.75, 3.05) is 18.4 Å². The Hall–Kier alpha value is -2.93. The third kappa shape index (κ3) is 4.14. The van der Waals surface area contributed by atoms with Gasteiger partial charge in [-0.25, -0.2) is 4.98 Å². The highest BCUT2D eigenvalue weighted by Crippen LogP contribution is 2.29. The van der Waals surface area contributed by atoms with E-state index in [2.05, 4.69) is 10.3 Å². The highest BCUT2D eigenvalue weighted by Gasteiger charge is 2.25. The van der Waals surface area contributed by atoms with Crippen LogP contribution in [-0.2, 0) is 4.79 Å². The predicted molar refractivity (Wildman–Crippen MR) is 110 cm³/mol. The second-order valence-electron chi connectivity index (χ2n) is 6.82. The van der Waals surface area contributed by atoms with Gasteiger partial charge in [0.2, 0.25) is 5.91 Å². The van der Waals surface area contributed by atoms with Crippen molar-refractivity contribution < 1.29 is 14.3 Å². The van der Waals surface area contributed by atoms with Crippen LogP contribution in [0.1, 0.15) is 30.1 Å². The number of para-hydroxylation sites is 1. The molecule has 1 aliphatic heterocycles. The van der Waals surface area contributed by atoms with E-state index in [4.69, 9.17) is 4.74 Å². The first kappa shape index (κ1) is 18.4. The van der Waals surface area contributed by atoms with Gasteiger partial charge in [0.15, 0.2) is 0 Å². The van der Waals surface area contributed by atoms with E-state index in [9.17, 15) is 9.59 Å². The van der Waals surface area contributed by atoms with Crippen molar-refractivity contribution in [2.45, 2.75) is 25.9 Å². The number of likely N-dealkylation sites (tertiary alicyclic amines) is 1. The Labute approximate surface area is 167 Å². The number of benzene rings is 2.